The van der Waals surface area contributed by atoms with Gasteiger partial charge in [0.2, 0.25) is 0 Å². The summed E-state index contributed by atoms with van der Waals surface area (Å²) < 4.78 is 4.91. The molecule has 1 aromatic rings. The van der Waals surface area contributed by atoms with Crippen molar-refractivity contribution < 1.29 is 14.6 Å². The van der Waals surface area contributed by atoms with Crippen LogP contribution in [0, 0.1) is 5.41 Å². The quantitative estimate of drug-likeness (QED) is 0.757. The maximum absolute atomic E-state index is 11.9. The van der Waals surface area contributed by atoms with Gasteiger partial charge in [0.25, 0.3) is 0 Å². The van der Waals surface area contributed by atoms with E-state index in [1.54, 1.807) is 20.8 Å². The number of nitrogens with zero attached hydrogens (tertiary/aromatic N) is 1. The van der Waals surface area contributed by atoms with Gasteiger partial charge in [0.05, 0.1) is 7.11 Å². The predicted molar refractivity (Wildman–Crippen MR) is 56.2 cm³/mol. The molecule has 0 unspecified atom stereocenters. The molecule has 4 nitrogen and oxygen atoms in total. The number of carbonyl (C=O) groups excluding carboxylic acids is 1. The summed E-state index contributed by atoms with van der Waals surface area (Å²) in [5.74, 6) is -0.142. The van der Waals surface area contributed by atoms with Crippen LogP contribution in [0.15, 0.2) is 12.3 Å². The molecule has 0 atom stereocenters. The molecule has 0 fully saturated rings. The lowest BCUT2D eigenvalue weighted by molar-refractivity contribution is 0.0849. The molecule has 0 saturated carbocycles. The monoisotopic (exact) mass is 209 g/mol. The molecule has 1 heterocycles. The second-order valence-corrected chi connectivity index (χ2v) is 4.29. The number of hydrogen-bond donors (Lipinski definition) is 1. The van der Waals surface area contributed by atoms with E-state index >= 15 is 0 Å². The van der Waals surface area contributed by atoms with Gasteiger partial charge in [-0.1, -0.05) is 20.8 Å². The number of pyridine rings is 1. The average Bonchev–Trinajstić information content (AvgIpc) is 2.16. The summed E-state index contributed by atoms with van der Waals surface area (Å²) in [5.41, 5.74) is -0.515. The molecule has 0 aliphatic carbocycles. The lowest BCUT2D eigenvalue weighted by atomic mass is 9.88. The second kappa shape index (κ2) is 3.88. The van der Waals surface area contributed by atoms with Crippen LogP contribution in [0.2, 0.25) is 0 Å². The molecule has 1 N–H and O–H groups in total. The van der Waals surface area contributed by atoms with E-state index in [4.69, 9.17) is 4.74 Å². The topological polar surface area (TPSA) is 59.4 Å². The minimum atomic E-state index is -0.573. The number of hydrogen-bond acceptors (Lipinski definition) is 4. The minimum absolute atomic E-state index is 0.0573. The molecule has 0 radical (unpaired) electrons. The zero-order valence-corrected chi connectivity index (χ0v) is 9.37. The number of Topliss-reactive ketones (excluding diaryl/α,β-unsaturated/α-hetero) is 1. The highest BCUT2D eigenvalue weighted by molar-refractivity contribution is 6.00. The molecule has 1 rings (SSSR count). The third kappa shape index (κ3) is 2.26. The average molecular weight is 209 g/mol. The molecule has 0 aromatic carbocycles. The standard InChI is InChI=1S/C11H15NO3/c1-11(2,3)10(14)8-9(13)7(15-4)5-6-12-8/h5-6,13H,1-4H3. The molecular formula is C11H15NO3. The Kier molecular flexibility index (Phi) is 2.98. The van der Waals surface area contributed by atoms with Crippen LogP contribution in [0.4, 0.5) is 0 Å². The fraction of sp³-hybridized carbons (Fsp3) is 0.455. The van der Waals surface area contributed by atoms with Crippen LogP contribution in [0.1, 0.15) is 31.3 Å². The first kappa shape index (κ1) is 11.5. The summed E-state index contributed by atoms with van der Waals surface area (Å²) in [5, 5.41) is 9.71. The summed E-state index contributed by atoms with van der Waals surface area (Å²) in [7, 11) is 1.43. The highest BCUT2D eigenvalue weighted by atomic mass is 16.5. The van der Waals surface area contributed by atoms with Crippen LogP contribution < -0.4 is 4.74 Å². The zero-order chi connectivity index (χ0) is 11.6. The normalized spacial score (nSPS) is 11.2. The lowest BCUT2D eigenvalue weighted by Gasteiger charge is -2.17. The van der Waals surface area contributed by atoms with Crippen LogP contribution in [-0.2, 0) is 0 Å². The van der Waals surface area contributed by atoms with E-state index in [1.807, 2.05) is 0 Å². The Balaban J connectivity index is 3.22. The van der Waals surface area contributed by atoms with Crippen molar-refractivity contribution in [2.75, 3.05) is 7.11 Å². The van der Waals surface area contributed by atoms with Gasteiger partial charge in [0.15, 0.2) is 23.0 Å². The molecule has 1 aromatic heterocycles. The summed E-state index contributed by atoms with van der Waals surface area (Å²) in [6.07, 6.45) is 1.44. The maximum Gasteiger partial charge on any atom is 0.190 e. The third-order valence-electron chi connectivity index (χ3n) is 2.00. The van der Waals surface area contributed by atoms with E-state index in [-0.39, 0.29) is 23.0 Å². The Morgan fingerprint density at radius 1 is 1.47 bits per heavy atom. The zero-order valence-electron chi connectivity index (χ0n) is 9.37. The Hall–Kier alpha value is -1.58. The molecule has 0 saturated heterocycles. The number of carbonyl (C=O) groups is 1. The van der Waals surface area contributed by atoms with E-state index < -0.39 is 5.41 Å². The number of ether oxygens (including phenoxy) is 1. The molecule has 0 amide bonds. The molecular weight excluding hydrogens is 194 g/mol. The van der Waals surface area contributed by atoms with Crippen molar-refractivity contribution >= 4 is 5.78 Å². The number of rotatable bonds is 2. The second-order valence-electron chi connectivity index (χ2n) is 4.29. The van der Waals surface area contributed by atoms with Crippen LogP contribution >= 0.6 is 0 Å². The van der Waals surface area contributed by atoms with E-state index in [0.717, 1.165) is 0 Å². The largest absolute Gasteiger partial charge is 0.503 e. The Morgan fingerprint density at radius 2 is 2.07 bits per heavy atom. The maximum atomic E-state index is 11.9. The molecule has 82 valence electrons. The van der Waals surface area contributed by atoms with Crippen molar-refractivity contribution in [2.45, 2.75) is 20.8 Å². The van der Waals surface area contributed by atoms with Crippen LogP contribution in [-0.4, -0.2) is 23.0 Å². The lowest BCUT2D eigenvalue weighted by Crippen LogP contribution is -2.21. The summed E-state index contributed by atoms with van der Waals surface area (Å²) in [6.45, 7) is 5.32. The van der Waals surface area contributed by atoms with Crippen molar-refractivity contribution in [3.8, 4) is 11.5 Å². The highest BCUT2D eigenvalue weighted by Gasteiger charge is 2.27. The van der Waals surface area contributed by atoms with Crippen molar-refractivity contribution in [3.63, 3.8) is 0 Å². The SMILES string of the molecule is COc1ccnc(C(=O)C(C)(C)C)c1O. The molecule has 0 aliphatic heterocycles. The van der Waals surface area contributed by atoms with Gasteiger partial charge in [0, 0.05) is 17.7 Å². The Bertz CT molecular complexity index is 380. The van der Waals surface area contributed by atoms with Gasteiger partial charge in [-0.3, -0.25) is 4.79 Å². The van der Waals surface area contributed by atoms with Crippen molar-refractivity contribution in [1.82, 2.24) is 4.98 Å². The van der Waals surface area contributed by atoms with Gasteiger partial charge in [-0.25, -0.2) is 4.98 Å². The van der Waals surface area contributed by atoms with Crippen molar-refractivity contribution in [1.29, 1.82) is 0 Å². The number of methoxy groups -OCH3 is 1. The Morgan fingerprint density at radius 3 is 2.53 bits per heavy atom. The third-order valence-corrected chi connectivity index (χ3v) is 2.00. The first-order chi connectivity index (χ1) is 6.88. The number of aromatic hydroxyl groups is 1. The minimum Gasteiger partial charge on any atom is -0.503 e. The first-order valence-corrected chi connectivity index (χ1v) is 4.64. The number of aromatic nitrogens is 1. The highest BCUT2D eigenvalue weighted by Crippen LogP contribution is 2.31. The van der Waals surface area contributed by atoms with E-state index in [0.29, 0.717) is 0 Å². The number of ketones is 1. The Labute approximate surface area is 88.9 Å². The molecule has 0 bridgehead atoms. The summed E-state index contributed by atoms with van der Waals surface area (Å²) >= 11 is 0. The van der Waals surface area contributed by atoms with Gasteiger partial charge in [-0.15, -0.1) is 0 Å². The van der Waals surface area contributed by atoms with Gasteiger partial charge < -0.3 is 9.84 Å². The van der Waals surface area contributed by atoms with Crippen molar-refractivity contribution in [3.05, 3.63) is 18.0 Å². The molecule has 0 spiro atoms. The van der Waals surface area contributed by atoms with E-state index in [1.165, 1.54) is 19.4 Å². The van der Waals surface area contributed by atoms with Gasteiger partial charge >= 0.3 is 0 Å². The van der Waals surface area contributed by atoms with Crippen molar-refractivity contribution in [2.24, 2.45) is 5.41 Å². The summed E-state index contributed by atoms with van der Waals surface area (Å²) in [4.78, 5) is 15.8. The molecule has 0 aliphatic rings. The van der Waals surface area contributed by atoms with Crippen LogP contribution in [0.3, 0.4) is 0 Å². The van der Waals surface area contributed by atoms with Crippen LogP contribution in [0.25, 0.3) is 0 Å². The van der Waals surface area contributed by atoms with Gasteiger partial charge in [-0.2, -0.15) is 0 Å². The van der Waals surface area contributed by atoms with Crippen LogP contribution in [0.5, 0.6) is 11.5 Å². The fourth-order valence-corrected chi connectivity index (χ4v) is 1.12. The van der Waals surface area contributed by atoms with Gasteiger partial charge in [-0.05, 0) is 0 Å². The van der Waals surface area contributed by atoms with Gasteiger partial charge in [0.1, 0.15) is 0 Å². The predicted octanol–water partition coefficient (Wildman–Crippen LogP) is 2.02. The van der Waals surface area contributed by atoms with E-state index in [9.17, 15) is 9.90 Å². The van der Waals surface area contributed by atoms with E-state index in [2.05, 4.69) is 4.98 Å². The molecule has 15 heavy (non-hydrogen) atoms. The smallest absolute Gasteiger partial charge is 0.190 e. The first-order valence-electron chi connectivity index (χ1n) is 4.64. The molecule has 4 heteroatoms. The fourth-order valence-electron chi connectivity index (χ4n) is 1.12. The summed E-state index contributed by atoms with van der Waals surface area (Å²) in [6, 6.07) is 1.51.